The minimum absolute atomic E-state index is 0.274. The number of rotatable bonds is 8. The number of nitrogens with zero attached hydrogens (tertiary/aromatic N) is 1. The van der Waals surface area contributed by atoms with Gasteiger partial charge in [-0.25, -0.2) is 0 Å². The first-order chi connectivity index (χ1) is 13.6. The Labute approximate surface area is 169 Å². The average molecular weight is 383 g/mol. The van der Waals surface area contributed by atoms with Gasteiger partial charge in [0.25, 0.3) is 0 Å². The first-order valence-electron chi connectivity index (χ1n) is 11.0. The van der Waals surface area contributed by atoms with Crippen molar-refractivity contribution in [2.45, 2.75) is 64.0 Å². The van der Waals surface area contributed by atoms with E-state index in [0.29, 0.717) is 24.0 Å². The number of aliphatic carboxylic acids is 1. The molecule has 2 atom stereocenters. The van der Waals surface area contributed by atoms with Gasteiger partial charge in [-0.05, 0) is 68.5 Å². The second kappa shape index (κ2) is 8.38. The maximum atomic E-state index is 10.7. The second-order valence-corrected chi connectivity index (χ2v) is 9.19. The number of carboxylic acids is 1. The van der Waals surface area contributed by atoms with E-state index in [1.54, 1.807) is 5.57 Å². The van der Waals surface area contributed by atoms with Crippen LogP contribution in [-0.2, 0) is 4.79 Å². The van der Waals surface area contributed by atoms with Crippen LogP contribution in [0, 0.1) is 11.3 Å². The van der Waals surface area contributed by atoms with Crippen LogP contribution in [0.5, 0.6) is 0 Å². The van der Waals surface area contributed by atoms with Crippen molar-refractivity contribution in [2.75, 3.05) is 19.6 Å². The summed E-state index contributed by atoms with van der Waals surface area (Å²) in [5, 5.41) is 12.8. The number of carbonyl (C=O) groups is 1. The third-order valence-electron chi connectivity index (χ3n) is 7.19. The van der Waals surface area contributed by atoms with Crippen LogP contribution in [-0.4, -0.2) is 47.7 Å². The zero-order valence-corrected chi connectivity index (χ0v) is 17.1. The molecule has 0 unspecified atom stereocenters. The molecule has 1 heterocycles. The van der Waals surface area contributed by atoms with Gasteiger partial charge in [-0.3, -0.25) is 4.79 Å². The Morgan fingerprint density at radius 3 is 2.61 bits per heavy atom. The summed E-state index contributed by atoms with van der Waals surface area (Å²) in [7, 11) is 0. The molecule has 0 radical (unpaired) electrons. The fourth-order valence-electron chi connectivity index (χ4n) is 5.34. The topological polar surface area (TPSA) is 52.6 Å². The molecule has 3 fully saturated rings. The number of hydrogen-bond donors (Lipinski definition) is 2. The fourth-order valence-corrected chi connectivity index (χ4v) is 5.34. The highest BCUT2D eigenvalue weighted by atomic mass is 16.4. The zero-order chi connectivity index (χ0) is 19.6. The van der Waals surface area contributed by atoms with Gasteiger partial charge in [0.1, 0.15) is 0 Å². The molecule has 1 aromatic rings. The van der Waals surface area contributed by atoms with Crippen LogP contribution in [0.3, 0.4) is 0 Å². The molecule has 4 nitrogen and oxygen atoms in total. The van der Waals surface area contributed by atoms with E-state index in [9.17, 15) is 4.79 Å². The van der Waals surface area contributed by atoms with Crippen LogP contribution >= 0.6 is 0 Å². The summed E-state index contributed by atoms with van der Waals surface area (Å²) < 4.78 is 0. The molecule has 28 heavy (non-hydrogen) atoms. The molecule has 2 N–H and O–H groups in total. The molecule has 0 bridgehead atoms. The largest absolute Gasteiger partial charge is 0.481 e. The van der Waals surface area contributed by atoms with Crippen molar-refractivity contribution in [3.8, 4) is 0 Å². The summed E-state index contributed by atoms with van der Waals surface area (Å²) in [5.41, 5.74) is 3.45. The molecular weight excluding hydrogens is 348 g/mol. The number of likely N-dealkylation sites (tertiary alicyclic amines) is 1. The predicted octanol–water partition coefficient (Wildman–Crippen LogP) is 4.18. The third-order valence-corrected chi connectivity index (χ3v) is 7.19. The molecule has 3 aliphatic rings. The van der Waals surface area contributed by atoms with Crippen LogP contribution in [0.2, 0.25) is 0 Å². The summed E-state index contributed by atoms with van der Waals surface area (Å²) in [4.78, 5) is 13.1. The second-order valence-electron chi connectivity index (χ2n) is 9.19. The maximum absolute atomic E-state index is 10.7. The summed E-state index contributed by atoms with van der Waals surface area (Å²) in [5.74, 6) is 0.0413. The molecule has 1 aliphatic heterocycles. The van der Waals surface area contributed by atoms with E-state index in [4.69, 9.17) is 5.11 Å². The van der Waals surface area contributed by atoms with Gasteiger partial charge in [-0.15, -0.1) is 0 Å². The molecule has 1 aromatic carbocycles. The lowest BCUT2D eigenvalue weighted by Gasteiger charge is -2.52. The number of benzene rings is 1. The molecule has 1 spiro atoms. The highest BCUT2D eigenvalue weighted by molar-refractivity contribution is 5.66. The average Bonchev–Trinajstić information content (AvgIpc) is 3.44. The highest BCUT2D eigenvalue weighted by Crippen LogP contribution is 2.51. The van der Waals surface area contributed by atoms with Crippen LogP contribution in [0.15, 0.2) is 35.9 Å². The summed E-state index contributed by atoms with van der Waals surface area (Å²) in [6.45, 7) is 5.14. The van der Waals surface area contributed by atoms with Crippen molar-refractivity contribution in [1.82, 2.24) is 10.2 Å². The molecular formula is C24H34N2O2. The van der Waals surface area contributed by atoms with E-state index in [1.165, 1.54) is 37.7 Å². The standard InChI is InChI=1S/C24H34N2O2/c1-2-19(14-18-6-4-3-5-7-18)21-15-22(21)25-20-16-24(17-20)9-12-26(13-10-24)11-8-23(27)28/h3-7,14,20-22,25H,2,8-13,15-17H2,1H3,(H,27,28)/t21-,22+/m0/s1. The monoisotopic (exact) mass is 382 g/mol. The van der Waals surface area contributed by atoms with Crippen LogP contribution in [0.1, 0.15) is 57.4 Å². The molecule has 152 valence electrons. The predicted molar refractivity (Wildman–Crippen MR) is 113 cm³/mol. The first-order valence-corrected chi connectivity index (χ1v) is 11.0. The SMILES string of the molecule is CCC(=Cc1ccccc1)[C@@H]1C[C@H]1NC1CC2(CCN(CCC(=O)O)CC2)C1. The lowest BCUT2D eigenvalue weighted by atomic mass is 9.60. The number of piperidine rings is 1. The molecule has 4 heteroatoms. The van der Waals surface area contributed by atoms with E-state index in [0.717, 1.165) is 25.4 Å². The van der Waals surface area contributed by atoms with Crippen LogP contribution < -0.4 is 5.32 Å². The minimum Gasteiger partial charge on any atom is -0.481 e. The van der Waals surface area contributed by atoms with Crippen LogP contribution in [0.4, 0.5) is 0 Å². The molecule has 2 aliphatic carbocycles. The van der Waals surface area contributed by atoms with Gasteiger partial charge in [0, 0.05) is 18.6 Å². The summed E-state index contributed by atoms with van der Waals surface area (Å²) in [6, 6.07) is 12.1. The van der Waals surface area contributed by atoms with E-state index in [1.807, 2.05) is 0 Å². The smallest absolute Gasteiger partial charge is 0.304 e. The number of hydrogen-bond acceptors (Lipinski definition) is 3. The molecule has 2 saturated carbocycles. The Kier molecular flexibility index (Phi) is 5.88. The lowest BCUT2D eigenvalue weighted by molar-refractivity contribution is -0.137. The zero-order valence-electron chi connectivity index (χ0n) is 17.1. The summed E-state index contributed by atoms with van der Waals surface area (Å²) >= 11 is 0. The van der Waals surface area contributed by atoms with Gasteiger partial charge in [-0.1, -0.05) is 48.9 Å². The van der Waals surface area contributed by atoms with Gasteiger partial charge in [-0.2, -0.15) is 0 Å². The minimum atomic E-state index is -0.681. The summed E-state index contributed by atoms with van der Waals surface area (Å²) in [6.07, 6.45) is 10.2. The van der Waals surface area contributed by atoms with Gasteiger partial charge < -0.3 is 15.3 Å². The highest BCUT2D eigenvalue weighted by Gasteiger charge is 2.49. The van der Waals surface area contributed by atoms with Crippen molar-refractivity contribution in [3.63, 3.8) is 0 Å². The van der Waals surface area contributed by atoms with Crippen molar-refractivity contribution >= 4 is 12.0 Å². The molecule has 4 rings (SSSR count). The Morgan fingerprint density at radius 1 is 1.25 bits per heavy atom. The van der Waals surface area contributed by atoms with Crippen molar-refractivity contribution in [3.05, 3.63) is 41.5 Å². The fraction of sp³-hybridized carbons (Fsp3) is 0.625. The van der Waals surface area contributed by atoms with Gasteiger partial charge >= 0.3 is 5.97 Å². The Hall–Kier alpha value is -1.65. The number of carboxylic acid groups (broad SMARTS) is 1. The molecule has 0 amide bonds. The van der Waals surface area contributed by atoms with E-state index < -0.39 is 5.97 Å². The van der Waals surface area contributed by atoms with Gasteiger partial charge in [0.15, 0.2) is 0 Å². The Balaban J connectivity index is 1.20. The molecule has 1 saturated heterocycles. The third kappa shape index (κ3) is 4.66. The van der Waals surface area contributed by atoms with E-state index in [2.05, 4.69) is 53.5 Å². The Morgan fingerprint density at radius 2 is 1.96 bits per heavy atom. The van der Waals surface area contributed by atoms with E-state index >= 15 is 0 Å². The van der Waals surface area contributed by atoms with Gasteiger partial charge in [0.05, 0.1) is 6.42 Å². The Bertz CT molecular complexity index is 699. The normalized spacial score (nSPS) is 27.5. The van der Waals surface area contributed by atoms with Gasteiger partial charge in [0.2, 0.25) is 0 Å². The number of nitrogens with one attached hydrogen (secondary N) is 1. The van der Waals surface area contributed by atoms with Crippen molar-refractivity contribution in [2.24, 2.45) is 11.3 Å². The first kappa shape index (κ1) is 19.7. The van der Waals surface area contributed by atoms with Crippen molar-refractivity contribution in [1.29, 1.82) is 0 Å². The maximum Gasteiger partial charge on any atom is 0.304 e. The quantitative estimate of drug-likeness (QED) is 0.708. The lowest BCUT2D eigenvalue weighted by Crippen LogP contribution is -2.54. The van der Waals surface area contributed by atoms with Crippen molar-refractivity contribution < 1.29 is 9.90 Å². The van der Waals surface area contributed by atoms with Crippen LogP contribution in [0.25, 0.3) is 6.08 Å². The van der Waals surface area contributed by atoms with E-state index in [-0.39, 0.29) is 6.42 Å². The molecule has 0 aromatic heterocycles.